The Kier molecular flexibility index (Phi) is 7.18. The monoisotopic (exact) mass is 663 g/mol. The predicted molar refractivity (Wildman–Crippen MR) is 220 cm³/mol. The van der Waals surface area contributed by atoms with E-state index in [9.17, 15) is 0 Å². The van der Waals surface area contributed by atoms with Crippen LogP contribution in [0.3, 0.4) is 0 Å². The minimum absolute atomic E-state index is 0.872. The van der Waals surface area contributed by atoms with Crippen LogP contribution in [-0.2, 0) is 0 Å². The molecule has 0 aliphatic carbocycles. The molecule has 1 aromatic heterocycles. The van der Waals surface area contributed by atoms with Gasteiger partial charge < -0.3 is 9.32 Å². The van der Waals surface area contributed by atoms with Crippen LogP contribution in [0.5, 0.6) is 0 Å². The fourth-order valence-electron chi connectivity index (χ4n) is 7.67. The highest BCUT2D eigenvalue weighted by Crippen LogP contribution is 2.43. The standard InChI is InChI=1S/C50H33NO/c1-2-10-34(11-3-1)36-26-28-42(29-27-36)51(47-18-8-15-38-13-6-7-16-44(38)47)43-30-31-48-46(33-43)50-45(17-9-19-49(50)52-48)39-23-20-37(21-24-39)41-25-22-35-12-4-5-14-40(35)32-41/h1-33H. The van der Waals surface area contributed by atoms with Crippen LogP contribution in [0, 0.1) is 0 Å². The van der Waals surface area contributed by atoms with Crippen LogP contribution in [-0.4, -0.2) is 0 Å². The normalized spacial score (nSPS) is 11.5. The van der Waals surface area contributed by atoms with Crippen LogP contribution in [0.1, 0.15) is 0 Å². The first-order valence-electron chi connectivity index (χ1n) is 17.8. The molecule has 2 nitrogen and oxygen atoms in total. The Balaban J connectivity index is 1.11. The van der Waals surface area contributed by atoms with Crippen LogP contribution in [0.15, 0.2) is 205 Å². The summed E-state index contributed by atoms with van der Waals surface area (Å²) in [5.41, 5.74) is 12.2. The van der Waals surface area contributed by atoms with Crippen molar-refractivity contribution >= 4 is 60.5 Å². The number of hydrogen-bond donors (Lipinski definition) is 0. The van der Waals surface area contributed by atoms with Crippen molar-refractivity contribution in [2.45, 2.75) is 0 Å². The quantitative estimate of drug-likeness (QED) is 0.176. The van der Waals surface area contributed by atoms with Crippen molar-refractivity contribution in [2.24, 2.45) is 0 Å². The lowest BCUT2D eigenvalue weighted by Crippen LogP contribution is -2.10. The van der Waals surface area contributed by atoms with E-state index in [1.54, 1.807) is 0 Å². The third-order valence-electron chi connectivity index (χ3n) is 10.3. The average Bonchev–Trinajstić information content (AvgIpc) is 3.60. The molecule has 0 N–H and O–H groups in total. The van der Waals surface area contributed by atoms with Crippen molar-refractivity contribution in [1.29, 1.82) is 0 Å². The minimum Gasteiger partial charge on any atom is -0.456 e. The molecular weight excluding hydrogens is 631 g/mol. The van der Waals surface area contributed by atoms with Crippen molar-refractivity contribution in [2.75, 3.05) is 4.90 Å². The van der Waals surface area contributed by atoms with Gasteiger partial charge in [0, 0.05) is 27.5 Å². The van der Waals surface area contributed by atoms with Crippen LogP contribution in [0.25, 0.3) is 76.9 Å². The topological polar surface area (TPSA) is 16.4 Å². The predicted octanol–water partition coefficient (Wildman–Crippen LogP) is 14.4. The van der Waals surface area contributed by atoms with Crippen molar-refractivity contribution in [3.05, 3.63) is 200 Å². The third-order valence-corrected chi connectivity index (χ3v) is 10.3. The highest BCUT2D eigenvalue weighted by molar-refractivity contribution is 6.14. The Morgan fingerprint density at radius 3 is 1.79 bits per heavy atom. The van der Waals surface area contributed by atoms with Gasteiger partial charge in [0.1, 0.15) is 11.2 Å². The molecule has 10 rings (SSSR count). The number of furan rings is 1. The zero-order valence-corrected chi connectivity index (χ0v) is 28.4. The summed E-state index contributed by atoms with van der Waals surface area (Å²) in [4.78, 5) is 2.37. The fraction of sp³-hybridized carbons (Fsp3) is 0. The van der Waals surface area contributed by atoms with Gasteiger partial charge in [0.2, 0.25) is 0 Å². The van der Waals surface area contributed by atoms with Gasteiger partial charge in [-0.2, -0.15) is 0 Å². The van der Waals surface area contributed by atoms with E-state index in [1.807, 2.05) is 0 Å². The van der Waals surface area contributed by atoms with Crippen LogP contribution in [0.2, 0.25) is 0 Å². The van der Waals surface area contributed by atoms with Gasteiger partial charge in [0.15, 0.2) is 0 Å². The summed E-state index contributed by atoms with van der Waals surface area (Å²) < 4.78 is 6.51. The number of benzene rings is 9. The molecule has 0 spiro atoms. The first kappa shape index (κ1) is 30.0. The lowest BCUT2D eigenvalue weighted by atomic mass is 9.96. The number of nitrogens with zero attached hydrogens (tertiary/aromatic N) is 1. The fourth-order valence-corrected chi connectivity index (χ4v) is 7.67. The highest BCUT2D eigenvalue weighted by atomic mass is 16.3. The summed E-state index contributed by atoms with van der Waals surface area (Å²) in [5, 5.41) is 7.11. The minimum atomic E-state index is 0.872. The SMILES string of the molecule is c1ccc(-c2ccc(N(c3ccc4oc5cccc(-c6ccc(-c7ccc8ccccc8c7)cc6)c5c4c3)c3cccc4ccccc34)cc2)cc1. The van der Waals surface area contributed by atoms with E-state index >= 15 is 0 Å². The highest BCUT2D eigenvalue weighted by Gasteiger charge is 2.19. The molecule has 0 aliphatic heterocycles. The summed E-state index contributed by atoms with van der Waals surface area (Å²) in [7, 11) is 0. The van der Waals surface area contributed by atoms with E-state index in [-0.39, 0.29) is 0 Å². The Morgan fingerprint density at radius 1 is 0.327 bits per heavy atom. The number of hydrogen-bond acceptors (Lipinski definition) is 2. The summed E-state index contributed by atoms with van der Waals surface area (Å²) in [5.74, 6) is 0. The van der Waals surface area contributed by atoms with Gasteiger partial charge in [-0.25, -0.2) is 0 Å². The molecule has 0 saturated carbocycles. The Bertz CT molecular complexity index is 2880. The van der Waals surface area contributed by atoms with E-state index < -0.39 is 0 Å². The maximum Gasteiger partial charge on any atom is 0.136 e. The summed E-state index contributed by atoms with van der Waals surface area (Å²) in [6.45, 7) is 0. The first-order valence-corrected chi connectivity index (χ1v) is 17.8. The molecule has 0 atom stereocenters. The second-order valence-corrected chi connectivity index (χ2v) is 13.3. The first-order chi connectivity index (χ1) is 25.8. The molecule has 0 amide bonds. The summed E-state index contributed by atoms with van der Waals surface area (Å²) >= 11 is 0. The van der Waals surface area contributed by atoms with E-state index in [2.05, 4.69) is 205 Å². The molecule has 0 radical (unpaired) electrons. The maximum absolute atomic E-state index is 6.51. The van der Waals surface area contributed by atoms with Crippen molar-refractivity contribution < 1.29 is 4.42 Å². The van der Waals surface area contributed by atoms with E-state index in [0.717, 1.165) is 50.1 Å². The molecule has 1 heterocycles. The van der Waals surface area contributed by atoms with Gasteiger partial charge >= 0.3 is 0 Å². The summed E-state index contributed by atoms with van der Waals surface area (Å²) in [6, 6.07) is 71.7. The number of rotatable bonds is 6. The molecular formula is C50H33NO. The van der Waals surface area contributed by atoms with Crippen LogP contribution >= 0.6 is 0 Å². The van der Waals surface area contributed by atoms with Crippen molar-refractivity contribution in [1.82, 2.24) is 0 Å². The van der Waals surface area contributed by atoms with Gasteiger partial charge in [0.25, 0.3) is 0 Å². The Hall–Kier alpha value is -6.90. The molecule has 10 aromatic rings. The van der Waals surface area contributed by atoms with Crippen molar-refractivity contribution in [3.63, 3.8) is 0 Å². The van der Waals surface area contributed by atoms with Gasteiger partial charge in [-0.1, -0.05) is 152 Å². The van der Waals surface area contributed by atoms with Gasteiger partial charge in [-0.3, -0.25) is 0 Å². The summed E-state index contributed by atoms with van der Waals surface area (Å²) in [6.07, 6.45) is 0. The largest absolute Gasteiger partial charge is 0.456 e. The van der Waals surface area contributed by atoms with Crippen LogP contribution in [0.4, 0.5) is 17.1 Å². The second kappa shape index (κ2) is 12.5. The van der Waals surface area contributed by atoms with E-state index in [0.29, 0.717) is 0 Å². The lowest BCUT2D eigenvalue weighted by molar-refractivity contribution is 0.669. The average molecular weight is 664 g/mol. The molecule has 0 saturated heterocycles. The zero-order chi connectivity index (χ0) is 34.4. The molecule has 0 bridgehead atoms. The molecule has 244 valence electrons. The van der Waals surface area contributed by atoms with Gasteiger partial charge in [-0.05, 0) is 98.1 Å². The molecule has 9 aromatic carbocycles. The molecule has 0 fully saturated rings. The van der Waals surface area contributed by atoms with Crippen LogP contribution < -0.4 is 4.90 Å². The Labute approximate surface area is 302 Å². The zero-order valence-electron chi connectivity index (χ0n) is 28.4. The maximum atomic E-state index is 6.51. The molecule has 52 heavy (non-hydrogen) atoms. The van der Waals surface area contributed by atoms with E-state index in [1.165, 1.54) is 43.8 Å². The Morgan fingerprint density at radius 2 is 0.942 bits per heavy atom. The smallest absolute Gasteiger partial charge is 0.136 e. The van der Waals surface area contributed by atoms with Gasteiger partial charge in [0.05, 0.1) is 5.69 Å². The number of fused-ring (bicyclic) bond motifs is 5. The third kappa shape index (κ3) is 5.21. The van der Waals surface area contributed by atoms with E-state index in [4.69, 9.17) is 4.42 Å². The molecule has 0 unspecified atom stereocenters. The van der Waals surface area contributed by atoms with Gasteiger partial charge in [-0.15, -0.1) is 0 Å². The number of anilines is 3. The molecule has 2 heteroatoms. The van der Waals surface area contributed by atoms with Crippen molar-refractivity contribution in [3.8, 4) is 33.4 Å². The second-order valence-electron chi connectivity index (χ2n) is 13.3. The lowest BCUT2D eigenvalue weighted by Gasteiger charge is -2.27. The molecule has 0 aliphatic rings.